The predicted octanol–water partition coefficient (Wildman–Crippen LogP) is 2.87. The maximum absolute atomic E-state index is 13.0. The molecule has 1 fully saturated rings. The minimum atomic E-state index is -1.01. The lowest BCUT2D eigenvalue weighted by Crippen LogP contribution is -2.42. The number of hydrogen-bond acceptors (Lipinski definition) is 3. The van der Waals surface area contributed by atoms with Crippen LogP contribution in [0.1, 0.15) is 27.9 Å². The van der Waals surface area contributed by atoms with Gasteiger partial charge in [-0.2, -0.15) is 0 Å². The highest BCUT2D eigenvalue weighted by molar-refractivity contribution is 14.1. The molecule has 1 heterocycles. The van der Waals surface area contributed by atoms with Crippen molar-refractivity contribution < 1.29 is 14.4 Å². The fourth-order valence-electron chi connectivity index (χ4n) is 3.60. The van der Waals surface area contributed by atoms with Crippen molar-refractivity contribution in [3.05, 3.63) is 68.8 Å². The monoisotopic (exact) mass is 446 g/mol. The topological polar surface area (TPSA) is 66.5 Å². The summed E-state index contributed by atoms with van der Waals surface area (Å²) in [5.41, 5.74) is 1.40. The van der Waals surface area contributed by atoms with Crippen LogP contribution in [0.4, 0.5) is 4.79 Å². The van der Waals surface area contributed by atoms with E-state index in [1.54, 1.807) is 12.1 Å². The highest BCUT2D eigenvalue weighted by Crippen LogP contribution is 2.41. The third kappa shape index (κ3) is 2.55. The number of nitrogens with zero attached hydrogens (tertiary/aromatic N) is 1. The molecule has 5 nitrogen and oxygen atoms in total. The van der Waals surface area contributed by atoms with Crippen molar-refractivity contribution >= 4 is 40.3 Å². The second-order valence-electron chi connectivity index (χ2n) is 6.31. The quantitative estimate of drug-likeness (QED) is 0.448. The molecule has 3 amide bonds. The van der Waals surface area contributed by atoms with E-state index in [1.807, 2.05) is 36.4 Å². The molecule has 1 spiro atoms. The van der Waals surface area contributed by atoms with Crippen LogP contribution in [-0.4, -0.2) is 29.2 Å². The summed E-state index contributed by atoms with van der Waals surface area (Å²) in [6.07, 6.45) is 1.27. The van der Waals surface area contributed by atoms with E-state index >= 15 is 0 Å². The van der Waals surface area contributed by atoms with E-state index in [9.17, 15) is 14.4 Å². The van der Waals surface area contributed by atoms with Gasteiger partial charge in [-0.25, -0.2) is 4.79 Å². The van der Waals surface area contributed by atoms with Crippen LogP contribution in [-0.2, 0) is 16.8 Å². The second kappa shape index (κ2) is 5.94. The smallest absolute Gasteiger partial charge is 0.319 e. The molecular weight excluding hydrogens is 431 g/mol. The number of carbonyl (C=O) groups excluding carboxylic acids is 3. The lowest BCUT2D eigenvalue weighted by atomic mass is 9.92. The average Bonchev–Trinajstić information content (AvgIpc) is 3.09. The summed E-state index contributed by atoms with van der Waals surface area (Å²) >= 11 is 2.16. The van der Waals surface area contributed by atoms with Crippen LogP contribution >= 0.6 is 22.6 Å². The molecule has 2 aromatic carbocycles. The number of Topliss-reactive ketones (excluding diaryl/α,β-unsaturated/α-hetero) is 1. The summed E-state index contributed by atoms with van der Waals surface area (Å²) in [7, 11) is 0. The molecule has 25 heavy (non-hydrogen) atoms. The van der Waals surface area contributed by atoms with Crippen molar-refractivity contribution in [2.45, 2.75) is 18.4 Å². The molecule has 0 bridgehead atoms. The van der Waals surface area contributed by atoms with Gasteiger partial charge in [0.15, 0.2) is 5.78 Å². The first-order valence-electron chi connectivity index (χ1n) is 8.02. The molecule has 0 saturated carbocycles. The van der Waals surface area contributed by atoms with Gasteiger partial charge in [-0.05, 0) is 58.7 Å². The molecule has 1 aliphatic heterocycles. The minimum absolute atomic E-state index is 0.241. The van der Waals surface area contributed by atoms with Gasteiger partial charge in [-0.1, -0.05) is 36.4 Å². The van der Waals surface area contributed by atoms with Crippen molar-refractivity contribution in [3.63, 3.8) is 0 Å². The van der Waals surface area contributed by atoms with Crippen molar-refractivity contribution in [2.24, 2.45) is 0 Å². The molecule has 0 radical (unpaired) electrons. The number of aryl methyl sites for hydroxylation is 1. The third-order valence-corrected chi connectivity index (χ3v) is 5.61. The number of nitrogens with one attached hydrogen (secondary N) is 1. The van der Waals surface area contributed by atoms with Crippen LogP contribution in [0.3, 0.4) is 0 Å². The van der Waals surface area contributed by atoms with E-state index in [0.29, 0.717) is 12.0 Å². The molecule has 2 aliphatic rings. The minimum Gasteiger partial charge on any atom is -0.319 e. The van der Waals surface area contributed by atoms with Gasteiger partial charge < -0.3 is 5.32 Å². The van der Waals surface area contributed by atoms with E-state index in [2.05, 4.69) is 27.9 Å². The average molecular weight is 446 g/mol. The number of rotatable bonds is 3. The number of halogens is 1. The largest absolute Gasteiger partial charge is 0.325 e. The number of carbonyl (C=O) groups is 3. The van der Waals surface area contributed by atoms with E-state index in [1.165, 1.54) is 0 Å². The molecule has 4 rings (SSSR count). The van der Waals surface area contributed by atoms with Gasteiger partial charge in [0.1, 0.15) is 5.54 Å². The number of imide groups is 1. The van der Waals surface area contributed by atoms with Gasteiger partial charge in [-0.3, -0.25) is 14.5 Å². The predicted molar refractivity (Wildman–Crippen MR) is 100 cm³/mol. The number of ketones is 1. The molecule has 0 unspecified atom stereocenters. The van der Waals surface area contributed by atoms with Crippen LogP contribution in [0, 0.1) is 3.57 Å². The van der Waals surface area contributed by atoms with Crippen LogP contribution in [0.5, 0.6) is 0 Å². The van der Waals surface area contributed by atoms with Gasteiger partial charge in [0.2, 0.25) is 0 Å². The molecule has 1 N–H and O–H groups in total. The molecule has 0 aromatic heterocycles. The highest BCUT2D eigenvalue weighted by atomic mass is 127. The van der Waals surface area contributed by atoms with E-state index < -0.39 is 11.6 Å². The fraction of sp³-hybridized carbons (Fsp3) is 0.211. The van der Waals surface area contributed by atoms with E-state index in [4.69, 9.17) is 0 Å². The Labute approximate surface area is 158 Å². The Morgan fingerprint density at radius 3 is 2.60 bits per heavy atom. The summed E-state index contributed by atoms with van der Waals surface area (Å²) in [6, 6.07) is 14.2. The van der Waals surface area contributed by atoms with E-state index in [0.717, 1.165) is 26.0 Å². The summed E-state index contributed by atoms with van der Waals surface area (Å²) < 4.78 is 1.02. The molecule has 126 valence electrons. The summed E-state index contributed by atoms with van der Waals surface area (Å²) in [6.45, 7) is -0.241. The Morgan fingerprint density at radius 1 is 1.12 bits per heavy atom. The third-order valence-electron chi connectivity index (χ3n) is 4.89. The van der Waals surface area contributed by atoms with Crippen molar-refractivity contribution in [1.29, 1.82) is 0 Å². The molecule has 1 atom stereocenters. The van der Waals surface area contributed by atoms with Crippen molar-refractivity contribution in [2.75, 3.05) is 6.54 Å². The highest BCUT2D eigenvalue weighted by Gasteiger charge is 2.55. The van der Waals surface area contributed by atoms with Gasteiger partial charge in [-0.15, -0.1) is 0 Å². The van der Waals surface area contributed by atoms with Gasteiger partial charge >= 0.3 is 6.03 Å². The SMILES string of the molecule is O=C(CN1C(=O)N[C@]2(CCc3ccccc32)C1=O)c1ccc(I)cc1. The lowest BCUT2D eigenvalue weighted by Gasteiger charge is -2.22. The molecular formula is C19H15IN2O3. The molecule has 1 aliphatic carbocycles. The van der Waals surface area contributed by atoms with Gasteiger partial charge in [0, 0.05) is 9.13 Å². The van der Waals surface area contributed by atoms with Gasteiger partial charge in [0.25, 0.3) is 5.91 Å². The van der Waals surface area contributed by atoms with Crippen LogP contribution < -0.4 is 5.32 Å². The van der Waals surface area contributed by atoms with Crippen molar-refractivity contribution in [1.82, 2.24) is 10.2 Å². The zero-order chi connectivity index (χ0) is 17.6. The maximum Gasteiger partial charge on any atom is 0.325 e. The standard InChI is InChI=1S/C19H15IN2O3/c20-14-7-5-13(6-8-14)16(23)11-22-17(24)19(21-18(22)25)10-9-12-3-1-2-4-15(12)19/h1-8H,9-11H2,(H,21,25)/t19-/m0/s1. The number of hydrogen-bond donors (Lipinski definition) is 1. The number of amides is 3. The normalized spacial score (nSPS) is 21.6. The zero-order valence-corrected chi connectivity index (χ0v) is 15.4. The Morgan fingerprint density at radius 2 is 1.84 bits per heavy atom. The lowest BCUT2D eigenvalue weighted by molar-refractivity contribution is -0.131. The summed E-state index contributed by atoms with van der Waals surface area (Å²) in [5, 5.41) is 2.84. The molecule has 6 heteroatoms. The molecule has 2 aromatic rings. The summed E-state index contributed by atoms with van der Waals surface area (Å²) in [4.78, 5) is 38.9. The fourth-order valence-corrected chi connectivity index (χ4v) is 3.96. The second-order valence-corrected chi connectivity index (χ2v) is 7.56. The maximum atomic E-state index is 13.0. The summed E-state index contributed by atoms with van der Waals surface area (Å²) in [5.74, 6) is -0.579. The Kier molecular flexibility index (Phi) is 3.87. The first-order chi connectivity index (χ1) is 12.0. The van der Waals surface area contributed by atoms with Gasteiger partial charge in [0.05, 0.1) is 6.54 Å². The van der Waals surface area contributed by atoms with Crippen LogP contribution in [0.15, 0.2) is 48.5 Å². The first kappa shape index (κ1) is 16.3. The van der Waals surface area contributed by atoms with Crippen LogP contribution in [0.2, 0.25) is 0 Å². The number of urea groups is 1. The number of benzene rings is 2. The van der Waals surface area contributed by atoms with Crippen LogP contribution in [0.25, 0.3) is 0 Å². The number of fused-ring (bicyclic) bond motifs is 2. The molecule has 1 saturated heterocycles. The van der Waals surface area contributed by atoms with Crippen molar-refractivity contribution in [3.8, 4) is 0 Å². The van der Waals surface area contributed by atoms with E-state index in [-0.39, 0.29) is 18.2 Å². The Hall–Kier alpha value is -2.22. The Bertz CT molecular complexity index is 894. The first-order valence-corrected chi connectivity index (χ1v) is 9.10. The Balaban J connectivity index is 1.61. The zero-order valence-electron chi connectivity index (χ0n) is 13.3.